The minimum Gasteiger partial charge on any atom is -0.387 e. The van der Waals surface area contributed by atoms with Crippen molar-refractivity contribution in [3.05, 3.63) is 63.1 Å². The number of para-hydroxylation sites is 1. The van der Waals surface area contributed by atoms with Gasteiger partial charge in [-0.05, 0) is 6.07 Å². The van der Waals surface area contributed by atoms with Crippen molar-refractivity contribution in [3.8, 4) is 0 Å². The first-order valence-electron chi connectivity index (χ1n) is 10.7. The van der Waals surface area contributed by atoms with E-state index >= 15 is 0 Å². The normalized spacial score (nSPS) is 24.1. The minimum absolute atomic E-state index is 0.275. The van der Waals surface area contributed by atoms with Crippen molar-refractivity contribution in [1.82, 2.24) is 18.9 Å². The molecular formula is C19H22F2N4O11P2. The molecule has 19 heteroatoms. The van der Waals surface area contributed by atoms with E-state index in [-0.39, 0.29) is 6.54 Å². The molecule has 208 valence electrons. The molecule has 5 atom stereocenters. The Kier molecular flexibility index (Phi) is 7.37. The summed E-state index contributed by atoms with van der Waals surface area (Å²) >= 11 is 0. The van der Waals surface area contributed by atoms with Crippen LogP contribution in [0.2, 0.25) is 0 Å². The van der Waals surface area contributed by atoms with Gasteiger partial charge in [0.25, 0.3) is 5.56 Å². The lowest BCUT2D eigenvalue weighted by Crippen LogP contribution is -2.43. The van der Waals surface area contributed by atoms with Crippen LogP contribution in [0.15, 0.2) is 46.1 Å². The van der Waals surface area contributed by atoms with Gasteiger partial charge in [-0.15, -0.1) is 0 Å². The Balaban J connectivity index is 1.59. The molecule has 0 radical (unpaired) electrons. The lowest BCUT2D eigenvalue weighted by molar-refractivity contribution is -0.0551. The number of aliphatic hydroxyl groups is 2. The SMILES string of the molecule is Cn1nc(Cn2c(=O)ccn([C@@H]3O[C@H](COP(=O)(O)C(F)(F)P(=O)(O)O)[C@@H](O)[C@H]3O)c2=O)c2ccccc21. The van der Waals surface area contributed by atoms with E-state index in [0.29, 0.717) is 11.1 Å². The van der Waals surface area contributed by atoms with Gasteiger partial charge in [0.1, 0.15) is 18.3 Å². The third kappa shape index (κ3) is 4.81. The zero-order chi connectivity index (χ0) is 28.2. The lowest BCUT2D eigenvalue weighted by Gasteiger charge is -2.24. The van der Waals surface area contributed by atoms with E-state index in [9.17, 15) is 42.6 Å². The first-order chi connectivity index (χ1) is 17.6. The summed E-state index contributed by atoms with van der Waals surface area (Å²) in [6.45, 7) is -1.59. The molecule has 1 fully saturated rings. The number of halogens is 2. The summed E-state index contributed by atoms with van der Waals surface area (Å²) in [4.78, 5) is 52.4. The Hall–Kier alpha value is -2.59. The maximum atomic E-state index is 13.7. The Labute approximate surface area is 210 Å². The topological polar surface area (TPSA) is 216 Å². The van der Waals surface area contributed by atoms with Crippen LogP contribution in [-0.2, 0) is 32.0 Å². The molecule has 0 spiro atoms. The van der Waals surface area contributed by atoms with Gasteiger partial charge in [-0.25, -0.2) is 4.79 Å². The smallest absolute Gasteiger partial charge is 0.387 e. The van der Waals surface area contributed by atoms with Crippen molar-refractivity contribution >= 4 is 26.1 Å². The predicted octanol–water partition coefficient (Wildman–Crippen LogP) is -0.506. The van der Waals surface area contributed by atoms with Crippen LogP contribution in [0.3, 0.4) is 0 Å². The molecule has 1 unspecified atom stereocenters. The molecule has 0 saturated carbocycles. The molecule has 2 aromatic heterocycles. The fourth-order valence-corrected chi connectivity index (χ4v) is 5.93. The number of aliphatic hydroxyl groups excluding tert-OH is 2. The molecule has 38 heavy (non-hydrogen) atoms. The van der Waals surface area contributed by atoms with Crippen LogP contribution in [0.5, 0.6) is 0 Å². The molecule has 3 aromatic rings. The molecular weight excluding hydrogens is 560 g/mol. The van der Waals surface area contributed by atoms with Crippen LogP contribution in [0, 0.1) is 0 Å². The van der Waals surface area contributed by atoms with Crippen molar-refractivity contribution < 1.29 is 52.1 Å². The second-order valence-corrected chi connectivity index (χ2v) is 12.3. The number of aryl methyl sites for hydroxylation is 1. The lowest BCUT2D eigenvalue weighted by atomic mass is 10.1. The predicted molar refractivity (Wildman–Crippen MR) is 123 cm³/mol. The van der Waals surface area contributed by atoms with Crippen molar-refractivity contribution in [3.63, 3.8) is 0 Å². The number of ether oxygens (including phenoxy) is 1. The van der Waals surface area contributed by atoms with Crippen LogP contribution in [0.25, 0.3) is 10.9 Å². The Bertz CT molecular complexity index is 1580. The second-order valence-electron chi connectivity index (χ2n) is 8.43. The Morgan fingerprint density at radius 1 is 1.11 bits per heavy atom. The highest BCUT2D eigenvalue weighted by Gasteiger charge is 2.65. The first kappa shape index (κ1) is 28.4. The second kappa shape index (κ2) is 9.86. The van der Waals surface area contributed by atoms with Gasteiger partial charge in [-0.3, -0.25) is 27.7 Å². The first-order valence-corrected chi connectivity index (χ1v) is 13.9. The number of rotatable bonds is 8. The van der Waals surface area contributed by atoms with Crippen LogP contribution in [0.1, 0.15) is 11.9 Å². The van der Waals surface area contributed by atoms with Gasteiger partial charge in [0.15, 0.2) is 6.23 Å². The third-order valence-electron chi connectivity index (χ3n) is 5.95. The average molecular weight is 582 g/mol. The molecule has 0 amide bonds. The van der Waals surface area contributed by atoms with Gasteiger partial charge in [0.05, 0.1) is 24.4 Å². The molecule has 1 aliphatic heterocycles. The summed E-state index contributed by atoms with van der Waals surface area (Å²) < 4.78 is 62.5. The van der Waals surface area contributed by atoms with Crippen LogP contribution in [0.4, 0.5) is 8.78 Å². The molecule has 4 rings (SSSR count). The maximum absolute atomic E-state index is 13.7. The Morgan fingerprint density at radius 2 is 1.76 bits per heavy atom. The molecule has 1 aliphatic rings. The van der Waals surface area contributed by atoms with Gasteiger partial charge in [-0.2, -0.15) is 13.9 Å². The van der Waals surface area contributed by atoms with Crippen molar-refractivity contribution in [2.24, 2.45) is 7.05 Å². The maximum Gasteiger partial charge on any atom is 0.443 e. The number of hydrogen-bond donors (Lipinski definition) is 5. The highest BCUT2D eigenvalue weighted by molar-refractivity contribution is 7.72. The van der Waals surface area contributed by atoms with Crippen LogP contribution < -0.4 is 11.2 Å². The molecule has 5 N–H and O–H groups in total. The van der Waals surface area contributed by atoms with Crippen molar-refractivity contribution in [1.29, 1.82) is 0 Å². The molecule has 1 aromatic carbocycles. The summed E-state index contributed by atoms with van der Waals surface area (Å²) in [6, 6.07) is 8.02. The highest BCUT2D eigenvalue weighted by atomic mass is 31.2. The molecule has 0 aliphatic carbocycles. The van der Waals surface area contributed by atoms with Gasteiger partial charge in [0, 0.05) is 24.7 Å². The van der Waals surface area contributed by atoms with Gasteiger partial charge >= 0.3 is 26.3 Å². The minimum atomic E-state index is -6.41. The van der Waals surface area contributed by atoms with Crippen LogP contribution >= 0.6 is 15.2 Å². The van der Waals surface area contributed by atoms with E-state index in [2.05, 4.69) is 9.62 Å². The van der Waals surface area contributed by atoms with E-state index in [1.807, 2.05) is 0 Å². The standard InChI is InChI=1S/C19H22F2N4O11P2/c1-23-12-5-3-2-4-10(12)11(22-23)8-25-14(26)6-7-24(18(25)29)17-16(28)15(27)13(36-17)9-35-38(33,34)19(20,21)37(30,31)32/h2-7,13,15-17,27-28H,8-9H2,1H3,(H,33,34)(H2,30,31,32)/t13-,15-,16-,17-/m1/s1. The van der Waals surface area contributed by atoms with E-state index < -0.39 is 63.0 Å². The van der Waals surface area contributed by atoms with Crippen LogP contribution in [-0.4, -0.2) is 74.1 Å². The summed E-state index contributed by atoms with van der Waals surface area (Å²) in [5, 5.41) is 20.2. The Morgan fingerprint density at radius 3 is 2.42 bits per heavy atom. The fourth-order valence-electron chi connectivity index (χ4n) is 3.94. The summed E-state index contributed by atoms with van der Waals surface area (Å²) in [6.07, 6.45) is -6.37. The summed E-state index contributed by atoms with van der Waals surface area (Å²) in [5.74, 6) is 0. The molecule has 3 heterocycles. The quantitative estimate of drug-likeness (QED) is 0.213. The third-order valence-corrected chi connectivity index (χ3v) is 9.37. The van der Waals surface area contributed by atoms with E-state index in [1.54, 1.807) is 36.0 Å². The van der Waals surface area contributed by atoms with E-state index in [0.717, 1.165) is 26.9 Å². The fraction of sp³-hybridized carbons (Fsp3) is 0.421. The summed E-state index contributed by atoms with van der Waals surface area (Å²) in [7, 11) is -11.0. The van der Waals surface area contributed by atoms with Gasteiger partial charge < -0.3 is 34.2 Å². The zero-order valence-electron chi connectivity index (χ0n) is 19.3. The number of benzene rings is 1. The van der Waals surface area contributed by atoms with Crippen molar-refractivity contribution in [2.45, 2.75) is 36.5 Å². The van der Waals surface area contributed by atoms with E-state index in [1.165, 1.54) is 0 Å². The molecule has 1 saturated heterocycles. The number of nitrogens with zero attached hydrogens (tertiary/aromatic N) is 4. The monoisotopic (exact) mass is 582 g/mol. The molecule has 0 bridgehead atoms. The highest BCUT2D eigenvalue weighted by Crippen LogP contribution is 2.73. The van der Waals surface area contributed by atoms with Crippen molar-refractivity contribution in [2.75, 3.05) is 6.61 Å². The molecule has 15 nitrogen and oxygen atoms in total. The van der Waals surface area contributed by atoms with Gasteiger partial charge in [0.2, 0.25) is 0 Å². The average Bonchev–Trinajstić information content (AvgIpc) is 3.30. The zero-order valence-corrected chi connectivity index (χ0v) is 21.1. The summed E-state index contributed by atoms with van der Waals surface area (Å²) in [5.41, 5.74) is -0.609. The number of alkyl halides is 2. The number of hydrogen-bond acceptors (Lipinski definition) is 9. The number of fused-ring (bicyclic) bond motifs is 1. The van der Waals surface area contributed by atoms with Gasteiger partial charge in [-0.1, -0.05) is 18.2 Å². The largest absolute Gasteiger partial charge is 0.443 e. The van der Waals surface area contributed by atoms with E-state index in [4.69, 9.17) is 14.5 Å². The number of aromatic nitrogens is 4.